The van der Waals surface area contributed by atoms with E-state index in [1.54, 1.807) is 0 Å². The molecule has 1 unspecified atom stereocenters. The van der Waals surface area contributed by atoms with E-state index in [-0.39, 0.29) is 11.3 Å². The van der Waals surface area contributed by atoms with Crippen LogP contribution in [0.1, 0.15) is 48.2 Å². The number of rotatable bonds is 2. The van der Waals surface area contributed by atoms with E-state index < -0.39 is 0 Å². The van der Waals surface area contributed by atoms with Gasteiger partial charge in [0.05, 0.1) is 0 Å². The van der Waals surface area contributed by atoms with Gasteiger partial charge in [-0.3, -0.25) is 4.79 Å². The van der Waals surface area contributed by atoms with Crippen molar-refractivity contribution >= 4 is 11.6 Å². The van der Waals surface area contributed by atoms with Crippen LogP contribution in [0.25, 0.3) is 0 Å². The number of para-hydroxylation sites is 1. The fourth-order valence-corrected chi connectivity index (χ4v) is 3.74. The van der Waals surface area contributed by atoms with Gasteiger partial charge >= 0.3 is 0 Å². The van der Waals surface area contributed by atoms with Crippen molar-refractivity contribution in [1.29, 1.82) is 0 Å². The van der Waals surface area contributed by atoms with Crippen molar-refractivity contribution in [3.05, 3.63) is 47.5 Å². The number of imidazole rings is 1. The number of anilines is 1. The summed E-state index contributed by atoms with van der Waals surface area (Å²) in [7, 11) is 0. The number of aromatic amines is 1. The highest BCUT2D eigenvalue weighted by Gasteiger charge is 2.33. The molecule has 2 N–H and O–H groups in total. The molecule has 1 aromatic carbocycles. The topological polar surface area (TPSA) is 61.0 Å². The first-order chi connectivity index (χ1) is 11.5. The lowest BCUT2D eigenvalue weighted by atomic mass is 9.88. The van der Waals surface area contributed by atoms with Crippen molar-refractivity contribution in [3.8, 4) is 0 Å². The maximum Gasteiger partial charge on any atom is 0.271 e. The summed E-state index contributed by atoms with van der Waals surface area (Å²) in [6.07, 6.45) is 1.91. The molecule has 4 rings (SSSR count). The van der Waals surface area contributed by atoms with E-state index in [4.69, 9.17) is 0 Å². The molecule has 3 heterocycles. The molecule has 126 valence electrons. The van der Waals surface area contributed by atoms with Gasteiger partial charge in [0.25, 0.3) is 5.91 Å². The van der Waals surface area contributed by atoms with Crippen molar-refractivity contribution in [3.63, 3.8) is 0 Å². The zero-order chi connectivity index (χ0) is 16.7. The summed E-state index contributed by atoms with van der Waals surface area (Å²) >= 11 is 0. The first-order valence-electron chi connectivity index (χ1n) is 8.69. The smallest absolute Gasteiger partial charge is 0.271 e. The van der Waals surface area contributed by atoms with Crippen LogP contribution >= 0.6 is 0 Å². The number of nitrogens with one attached hydrogen (secondary N) is 2. The Morgan fingerprint density at radius 3 is 2.83 bits per heavy atom. The third kappa shape index (κ3) is 2.79. The van der Waals surface area contributed by atoms with Crippen LogP contribution in [0.5, 0.6) is 0 Å². The molecule has 1 fully saturated rings. The predicted octanol–water partition coefficient (Wildman–Crippen LogP) is 2.72. The van der Waals surface area contributed by atoms with Gasteiger partial charge in [0, 0.05) is 36.9 Å². The molecule has 2 aliphatic heterocycles. The number of carbonyl (C=O) groups excluding carboxylic acids is 1. The van der Waals surface area contributed by atoms with Crippen LogP contribution in [0.3, 0.4) is 0 Å². The summed E-state index contributed by atoms with van der Waals surface area (Å²) in [5.74, 6) is 1.27. The molecule has 0 bridgehead atoms. The second-order valence-corrected chi connectivity index (χ2v) is 7.74. The molecule has 0 saturated carbocycles. The van der Waals surface area contributed by atoms with E-state index in [1.165, 1.54) is 5.69 Å². The number of hydrogen-bond acceptors (Lipinski definition) is 3. The van der Waals surface area contributed by atoms with Crippen molar-refractivity contribution in [2.75, 3.05) is 24.5 Å². The summed E-state index contributed by atoms with van der Waals surface area (Å²) in [6, 6.07) is 10.5. The van der Waals surface area contributed by atoms with Crippen LogP contribution in [0.15, 0.2) is 30.3 Å². The standard InChI is InChI=1S/C19H24N4O/c1-19(2)10-15-16(18(24)20-12-19)22-17(21-15)13-8-9-23(11-13)14-6-4-3-5-7-14/h3-7,13H,8-12H2,1-2H3,(H,20,24)(H,21,22). The molecule has 2 aromatic rings. The molecule has 1 saturated heterocycles. The summed E-state index contributed by atoms with van der Waals surface area (Å²) in [6.45, 7) is 7.01. The van der Waals surface area contributed by atoms with Gasteiger partial charge in [0.1, 0.15) is 11.5 Å². The quantitative estimate of drug-likeness (QED) is 0.893. The van der Waals surface area contributed by atoms with Crippen LogP contribution in [0, 0.1) is 5.41 Å². The number of amides is 1. The molecule has 0 radical (unpaired) electrons. The van der Waals surface area contributed by atoms with Crippen LogP contribution < -0.4 is 10.2 Å². The van der Waals surface area contributed by atoms with Gasteiger partial charge in [-0.1, -0.05) is 32.0 Å². The van der Waals surface area contributed by atoms with E-state index in [1.807, 2.05) is 6.07 Å². The highest BCUT2D eigenvalue weighted by Crippen LogP contribution is 2.32. The Labute approximate surface area is 142 Å². The lowest BCUT2D eigenvalue weighted by Crippen LogP contribution is -2.32. The van der Waals surface area contributed by atoms with Crippen molar-refractivity contribution in [2.24, 2.45) is 5.41 Å². The number of fused-ring (bicyclic) bond motifs is 1. The maximum absolute atomic E-state index is 12.3. The predicted molar refractivity (Wildman–Crippen MR) is 94.4 cm³/mol. The highest BCUT2D eigenvalue weighted by molar-refractivity contribution is 5.94. The van der Waals surface area contributed by atoms with Crippen molar-refractivity contribution < 1.29 is 4.79 Å². The summed E-state index contributed by atoms with van der Waals surface area (Å²) in [5.41, 5.74) is 2.89. The molecule has 0 spiro atoms. The number of carbonyl (C=O) groups is 1. The molecule has 2 aliphatic rings. The van der Waals surface area contributed by atoms with Crippen LogP contribution in [-0.2, 0) is 6.42 Å². The lowest BCUT2D eigenvalue weighted by molar-refractivity contribution is 0.0940. The minimum atomic E-state index is -0.0454. The number of benzene rings is 1. The van der Waals surface area contributed by atoms with Gasteiger partial charge in [0.2, 0.25) is 0 Å². The molecule has 1 aromatic heterocycles. The van der Waals surface area contributed by atoms with E-state index >= 15 is 0 Å². The first kappa shape index (κ1) is 15.2. The average molecular weight is 324 g/mol. The first-order valence-corrected chi connectivity index (χ1v) is 8.69. The van der Waals surface area contributed by atoms with Crippen LogP contribution in [0.2, 0.25) is 0 Å². The fraction of sp³-hybridized carbons (Fsp3) is 0.474. The summed E-state index contributed by atoms with van der Waals surface area (Å²) in [5, 5.41) is 3.00. The second kappa shape index (κ2) is 5.65. The second-order valence-electron chi connectivity index (χ2n) is 7.74. The van der Waals surface area contributed by atoms with Gasteiger partial charge in [0.15, 0.2) is 0 Å². The molecule has 1 amide bonds. The molecule has 1 atom stereocenters. The van der Waals surface area contributed by atoms with E-state index in [9.17, 15) is 4.79 Å². The Bertz CT molecular complexity index is 750. The number of nitrogens with zero attached hydrogens (tertiary/aromatic N) is 2. The Morgan fingerprint density at radius 1 is 1.25 bits per heavy atom. The fourth-order valence-electron chi connectivity index (χ4n) is 3.74. The normalized spacial score (nSPS) is 22.8. The zero-order valence-electron chi connectivity index (χ0n) is 14.3. The Balaban J connectivity index is 1.56. The maximum atomic E-state index is 12.3. The van der Waals surface area contributed by atoms with Crippen LogP contribution in [-0.4, -0.2) is 35.5 Å². The number of aromatic nitrogens is 2. The molecular weight excluding hydrogens is 300 g/mol. The molecular formula is C19H24N4O. The summed E-state index contributed by atoms with van der Waals surface area (Å²) in [4.78, 5) is 22.8. The number of H-pyrrole nitrogens is 1. The third-order valence-corrected chi connectivity index (χ3v) is 5.09. The monoisotopic (exact) mass is 324 g/mol. The minimum absolute atomic E-state index is 0.0454. The Morgan fingerprint density at radius 2 is 2.04 bits per heavy atom. The van der Waals surface area contributed by atoms with Crippen molar-refractivity contribution in [1.82, 2.24) is 15.3 Å². The SMILES string of the molecule is CC1(C)CNC(=O)c2nc(C3CCN(c4ccccc4)C3)[nH]c2C1. The minimum Gasteiger partial charge on any atom is -0.371 e. The van der Waals surface area contributed by atoms with E-state index in [2.05, 4.69) is 58.3 Å². The van der Waals surface area contributed by atoms with Gasteiger partial charge in [-0.25, -0.2) is 4.98 Å². The molecule has 0 aliphatic carbocycles. The van der Waals surface area contributed by atoms with Crippen molar-refractivity contribution in [2.45, 2.75) is 32.6 Å². The van der Waals surface area contributed by atoms with Gasteiger partial charge in [-0.05, 0) is 30.4 Å². The summed E-state index contributed by atoms with van der Waals surface area (Å²) < 4.78 is 0. The van der Waals surface area contributed by atoms with E-state index in [0.717, 1.165) is 37.4 Å². The van der Waals surface area contributed by atoms with E-state index in [0.29, 0.717) is 18.2 Å². The largest absolute Gasteiger partial charge is 0.371 e. The van der Waals surface area contributed by atoms with Crippen LogP contribution in [0.4, 0.5) is 5.69 Å². The molecule has 5 heteroatoms. The van der Waals surface area contributed by atoms with Gasteiger partial charge in [-0.2, -0.15) is 0 Å². The lowest BCUT2D eigenvalue weighted by Gasteiger charge is -2.21. The molecule has 24 heavy (non-hydrogen) atoms. The Hall–Kier alpha value is -2.30. The zero-order valence-corrected chi connectivity index (χ0v) is 14.3. The van der Waals surface area contributed by atoms with Gasteiger partial charge in [-0.15, -0.1) is 0 Å². The number of hydrogen-bond donors (Lipinski definition) is 2. The highest BCUT2D eigenvalue weighted by atomic mass is 16.1. The Kier molecular flexibility index (Phi) is 3.59. The molecule has 5 nitrogen and oxygen atoms in total. The third-order valence-electron chi connectivity index (χ3n) is 5.09. The van der Waals surface area contributed by atoms with Gasteiger partial charge < -0.3 is 15.2 Å². The average Bonchev–Trinajstić information content (AvgIpc) is 3.18.